The van der Waals surface area contributed by atoms with Crippen molar-refractivity contribution in [1.29, 1.82) is 0 Å². The molecule has 0 saturated heterocycles. The summed E-state index contributed by atoms with van der Waals surface area (Å²) in [5, 5.41) is 9.45. The third-order valence-corrected chi connectivity index (χ3v) is 4.92. The topological polar surface area (TPSA) is 92.4 Å². The van der Waals surface area contributed by atoms with Crippen LogP contribution in [0.2, 0.25) is 5.02 Å². The van der Waals surface area contributed by atoms with Crippen LogP contribution < -0.4 is 10.5 Å². The molecule has 0 aliphatic heterocycles. The SMILES string of the molecule is CC(C)(O)CNS(=O)(=O)c1cc(Cl)c(Br)c(N)c1F. The van der Waals surface area contributed by atoms with E-state index in [1.54, 1.807) is 0 Å². The van der Waals surface area contributed by atoms with Gasteiger partial charge in [0, 0.05) is 6.54 Å². The molecule has 108 valence electrons. The molecule has 0 bridgehead atoms. The van der Waals surface area contributed by atoms with Crippen molar-refractivity contribution in [3.8, 4) is 0 Å². The van der Waals surface area contributed by atoms with Crippen molar-refractivity contribution in [2.24, 2.45) is 0 Å². The predicted octanol–water partition coefficient (Wildman–Crippen LogP) is 1.87. The molecule has 0 aliphatic rings. The van der Waals surface area contributed by atoms with Gasteiger partial charge in [0.05, 0.1) is 20.8 Å². The van der Waals surface area contributed by atoms with Crippen LogP contribution in [0.5, 0.6) is 0 Å². The van der Waals surface area contributed by atoms with E-state index in [1.165, 1.54) is 13.8 Å². The van der Waals surface area contributed by atoms with E-state index in [1.807, 2.05) is 0 Å². The second-order valence-corrected chi connectivity index (χ2v) is 7.47. The summed E-state index contributed by atoms with van der Waals surface area (Å²) < 4.78 is 39.9. The maximum absolute atomic E-state index is 13.9. The van der Waals surface area contributed by atoms with Crippen molar-refractivity contribution in [2.75, 3.05) is 12.3 Å². The minimum Gasteiger partial charge on any atom is -0.395 e. The summed E-state index contributed by atoms with van der Waals surface area (Å²) in [5.41, 5.74) is 3.75. The Balaban J connectivity index is 3.23. The minimum atomic E-state index is -4.16. The summed E-state index contributed by atoms with van der Waals surface area (Å²) in [6.45, 7) is 2.55. The molecule has 0 atom stereocenters. The maximum atomic E-state index is 13.9. The van der Waals surface area contributed by atoms with Gasteiger partial charge in [0.2, 0.25) is 10.0 Å². The molecule has 0 unspecified atom stereocenters. The first-order valence-electron chi connectivity index (χ1n) is 5.11. The number of aliphatic hydroxyl groups is 1. The number of anilines is 1. The summed E-state index contributed by atoms with van der Waals surface area (Å²) in [6.07, 6.45) is 0. The average Bonchev–Trinajstić information content (AvgIpc) is 2.27. The van der Waals surface area contributed by atoms with Crippen molar-refractivity contribution in [3.05, 3.63) is 21.4 Å². The molecule has 4 N–H and O–H groups in total. The highest BCUT2D eigenvalue weighted by Crippen LogP contribution is 2.34. The normalized spacial score (nSPS) is 12.7. The number of rotatable bonds is 4. The van der Waals surface area contributed by atoms with Crippen LogP contribution in [-0.4, -0.2) is 25.7 Å². The molecule has 0 saturated carbocycles. The molecule has 1 rings (SSSR count). The highest BCUT2D eigenvalue weighted by molar-refractivity contribution is 9.10. The quantitative estimate of drug-likeness (QED) is 0.553. The largest absolute Gasteiger partial charge is 0.395 e. The number of nitrogen functional groups attached to an aromatic ring is 1. The molecule has 1 aromatic carbocycles. The van der Waals surface area contributed by atoms with Gasteiger partial charge in [-0.3, -0.25) is 0 Å². The fourth-order valence-electron chi connectivity index (χ4n) is 1.14. The lowest BCUT2D eigenvalue weighted by atomic mass is 10.1. The van der Waals surface area contributed by atoms with Gasteiger partial charge in [-0.05, 0) is 35.8 Å². The van der Waals surface area contributed by atoms with Crippen molar-refractivity contribution in [1.82, 2.24) is 4.72 Å². The first-order chi connectivity index (χ1) is 8.46. The summed E-state index contributed by atoms with van der Waals surface area (Å²) in [4.78, 5) is -0.664. The zero-order valence-corrected chi connectivity index (χ0v) is 13.3. The van der Waals surface area contributed by atoms with E-state index in [9.17, 15) is 17.9 Å². The molecule has 5 nitrogen and oxygen atoms in total. The van der Waals surface area contributed by atoms with Gasteiger partial charge < -0.3 is 10.8 Å². The molecular formula is C10H13BrClFN2O3S. The van der Waals surface area contributed by atoms with E-state index in [2.05, 4.69) is 20.7 Å². The van der Waals surface area contributed by atoms with Crippen LogP contribution in [0.4, 0.5) is 10.1 Å². The lowest BCUT2D eigenvalue weighted by molar-refractivity contribution is 0.0857. The number of hydrogen-bond acceptors (Lipinski definition) is 4. The Morgan fingerprint density at radius 2 is 2.11 bits per heavy atom. The minimum absolute atomic E-state index is 0.0254. The molecule has 1 aromatic rings. The fourth-order valence-corrected chi connectivity index (χ4v) is 3.03. The Hall–Kier alpha value is -0.410. The average molecular weight is 376 g/mol. The maximum Gasteiger partial charge on any atom is 0.243 e. The molecule has 0 aromatic heterocycles. The van der Waals surface area contributed by atoms with Gasteiger partial charge in [-0.1, -0.05) is 11.6 Å². The molecule has 0 spiro atoms. The number of sulfonamides is 1. The highest BCUT2D eigenvalue weighted by atomic mass is 79.9. The van der Waals surface area contributed by atoms with Crippen LogP contribution in [0.1, 0.15) is 13.8 Å². The zero-order valence-electron chi connectivity index (χ0n) is 10.2. The van der Waals surface area contributed by atoms with Crippen molar-refractivity contribution < 1.29 is 17.9 Å². The lowest BCUT2D eigenvalue weighted by Gasteiger charge is -2.18. The second-order valence-electron chi connectivity index (χ2n) is 4.54. The molecule has 0 amide bonds. The van der Waals surface area contributed by atoms with Crippen LogP contribution in [0.3, 0.4) is 0 Å². The molecule has 0 heterocycles. The molecule has 0 radical (unpaired) electrons. The summed E-state index contributed by atoms with van der Waals surface area (Å²) >= 11 is 8.70. The first kappa shape index (κ1) is 16.6. The molecular weight excluding hydrogens is 363 g/mol. The Labute approximate surface area is 124 Å². The standard InChI is InChI=1S/C10H13BrClFN2O3S/c1-10(2,16)4-15-19(17,18)6-3-5(12)7(11)9(14)8(6)13/h3,15-16H,4,14H2,1-2H3. The Kier molecular flexibility index (Phi) is 4.84. The van der Waals surface area contributed by atoms with Gasteiger partial charge in [-0.25, -0.2) is 17.5 Å². The third-order valence-electron chi connectivity index (χ3n) is 2.14. The molecule has 9 heteroatoms. The molecule has 0 aliphatic carbocycles. The van der Waals surface area contributed by atoms with Crippen molar-refractivity contribution in [2.45, 2.75) is 24.3 Å². The Morgan fingerprint density at radius 1 is 1.58 bits per heavy atom. The number of benzene rings is 1. The van der Waals surface area contributed by atoms with Gasteiger partial charge >= 0.3 is 0 Å². The third kappa shape index (κ3) is 4.03. The Bertz CT molecular complexity index is 602. The molecule has 19 heavy (non-hydrogen) atoms. The second kappa shape index (κ2) is 5.53. The van der Waals surface area contributed by atoms with E-state index < -0.39 is 32.0 Å². The number of nitrogens with one attached hydrogen (secondary N) is 1. The van der Waals surface area contributed by atoms with Crippen LogP contribution in [0.15, 0.2) is 15.4 Å². The van der Waals surface area contributed by atoms with E-state index in [0.29, 0.717) is 0 Å². The van der Waals surface area contributed by atoms with Gasteiger partial charge in [0.25, 0.3) is 0 Å². The highest BCUT2D eigenvalue weighted by Gasteiger charge is 2.26. The van der Waals surface area contributed by atoms with Crippen molar-refractivity contribution in [3.63, 3.8) is 0 Å². The van der Waals surface area contributed by atoms with Gasteiger partial charge in [-0.15, -0.1) is 0 Å². The summed E-state index contributed by atoms with van der Waals surface area (Å²) in [6, 6.07) is 0.948. The summed E-state index contributed by atoms with van der Waals surface area (Å²) in [7, 11) is -4.16. The number of hydrogen-bond donors (Lipinski definition) is 3. The smallest absolute Gasteiger partial charge is 0.243 e. The van der Waals surface area contributed by atoms with Gasteiger partial charge in [0.15, 0.2) is 5.82 Å². The number of halogens is 3. The van der Waals surface area contributed by atoms with Gasteiger partial charge in [0.1, 0.15) is 4.90 Å². The van der Waals surface area contributed by atoms with E-state index >= 15 is 0 Å². The van der Waals surface area contributed by atoms with Crippen LogP contribution in [-0.2, 0) is 10.0 Å². The van der Waals surface area contributed by atoms with E-state index in [4.69, 9.17) is 17.3 Å². The first-order valence-corrected chi connectivity index (χ1v) is 7.76. The Morgan fingerprint density at radius 3 is 2.58 bits per heavy atom. The van der Waals surface area contributed by atoms with E-state index in [-0.39, 0.29) is 16.0 Å². The number of nitrogens with two attached hydrogens (primary N) is 1. The van der Waals surface area contributed by atoms with Crippen LogP contribution in [0, 0.1) is 5.82 Å². The van der Waals surface area contributed by atoms with Crippen molar-refractivity contribution >= 4 is 43.2 Å². The van der Waals surface area contributed by atoms with Crippen LogP contribution >= 0.6 is 27.5 Å². The van der Waals surface area contributed by atoms with Crippen LogP contribution in [0.25, 0.3) is 0 Å². The zero-order chi connectivity index (χ0) is 15.0. The summed E-state index contributed by atoms with van der Waals surface area (Å²) in [5.74, 6) is -1.10. The monoisotopic (exact) mass is 374 g/mol. The predicted molar refractivity (Wildman–Crippen MR) is 75.0 cm³/mol. The fraction of sp³-hybridized carbons (Fsp3) is 0.400. The lowest BCUT2D eigenvalue weighted by Crippen LogP contribution is -2.38. The van der Waals surface area contributed by atoms with E-state index in [0.717, 1.165) is 6.07 Å². The van der Waals surface area contributed by atoms with Gasteiger partial charge in [-0.2, -0.15) is 0 Å². The molecule has 0 fully saturated rings.